The Hall–Kier alpha value is 1.59. The molecule has 9 heavy (non-hydrogen) atoms. The summed E-state index contributed by atoms with van der Waals surface area (Å²) in [5.74, 6) is 0. The third kappa shape index (κ3) is 26.2. The molecule has 0 aromatic carbocycles. The molecule has 0 aliphatic carbocycles. The SMILES string of the molecule is CCCCC=O.[Ag].[H-].[Li+].[V]. The molecule has 0 aromatic heterocycles. The van der Waals surface area contributed by atoms with E-state index in [0.29, 0.717) is 0 Å². The summed E-state index contributed by atoms with van der Waals surface area (Å²) in [6, 6.07) is 0. The first kappa shape index (κ1) is 22.4. The first-order chi connectivity index (χ1) is 2.91. The molecule has 0 rings (SSSR count). The molecule has 0 amide bonds. The average molecular weight is 253 g/mol. The van der Waals surface area contributed by atoms with Gasteiger partial charge in [0, 0.05) is 47.4 Å². The number of unbranched alkanes of at least 4 members (excludes halogenated alkanes) is 2. The Morgan fingerprint density at radius 2 is 2.00 bits per heavy atom. The normalized spacial score (nSPS) is 5.44. The molecule has 0 atom stereocenters. The van der Waals surface area contributed by atoms with Gasteiger partial charge in [0.25, 0.3) is 0 Å². The van der Waals surface area contributed by atoms with E-state index in [-0.39, 0.29) is 61.2 Å². The van der Waals surface area contributed by atoms with Crippen LogP contribution in [0.1, 0.15) is 27.6 Å². The monoisotopic (exact) mass is 252 g/mol. The number of hydrogen-bond acceptors (Lipinski definition) is 1. The van der Waals surface area contributed by atoms with E-state index in [1.807, 2.05) is 0 Å². The van der Waals surface area contributed by atoms with Crippen molar-refractivity contribution in [2.75, 3.05) is 0 Å². The summed E-state index contributed by atoms with van der Waals surface area (Å²) in [6.07, 6.45) is 3.86. The van der Waals surface area contributed by atoms with Crippen LogP contribution in [0.15, 0.2) is 0 Å². The molecule has 0 heterocycles. The largest absolute Gasteiger partial charge is 1.00 e. The van der Waals surface area contributed by atoms with Gasteiger partial charge in [-0.15, -0.1) is 0 Å². The molecule has 0 bridgehead atoms. The summed E-state index contributed by atoms with van der Waals surface area (Å²) < 4.78 is 0. The Kier molecular flexibility index (Phi) is 56.4. The number of carbonyl (C=O) groups excluding carboxylic acids is 1. The zero-order valence-corrected chi connectivity index (χ0v) is 8.73. The van der Waals surface area contributed by atoms with E-state index in [0.717, 1.165) is 25.5 Å². The van der Waals surface area contributed by atoms with Crippen LogP contribution >= 0.6 is 0 Å². The van der Waals surface area contributed by atoms with Crippen molar-refractivity contribution in [2.45, 2.75) is 26.2 Å². The van der Waals surface area contributed by atoms with E-state index in [4.69, 9.17) is 0 Å². The van der Waals surface area contributed by atoms with E-state index in [9.17, 15) is 4.79 Å². The predicted molar refractivity (Wildman–Crippen MR) is 26.7 cm³/mol. The van der Waals surface area contributed by atoms with Crippen molar-refractivity contribution in [3.8, 4) is 0 Å². The quantitative estimate of drug-likeness (QED) is 0.339. The van der Waals surface area contributed by atoms with E-state index in [1.165, 1.54) is 0 Å². The number of carbonyl (C=O) groups is 1. The Bertz CT molecular complexity index is 50.6. The fraction of sp³-hybridized carbons (Fsp3) is 0.800. The minimum Gasteiger partial charge on any atom is -1.00 e. The molecule has 0 aromatic rings. The standard InChI is InChI=1S/C5H10O.Ag.Li.V.H/c1-2-3-4-5-6;;;;/h5H,2-4H2,1H3;;;;/q;;+1;;-1. The summed E-state index contributed by atoms with van der Waals surface area (Å²) in [4.78, 5) is 9.56. The molecular weight excluding hydrogens is 242 g/mol. The molecule has 1 nitrogen and oxygen atoms in total. The first-order valence-electron chi connectivity index (χ1n) is 2.35. The molecule has 0 saturated carbocycles. The molecule has 2 radical (unpaired) electrons. The number of aldehydes is 1. The predicted octanol–water partition coefficient (Wildman–Crippen LogP) is -1.51. The van der Waals surface area contributed by atoms with E-state index in [1.54, 1.807) is 0 Å². The second kappa shape index (κ2) is 22.6. The molecule has 4 heteroatoms. The van der Waals surface area contributed by atoms with Gasteiger partial charge >= 0.3 is 18.9 Å². The van der Waals surface area contributed by atoms with Gasteiger partial charge in [-0.05, 0) is 6.42 Å². The Morgan fingerprint density at radius 3 is 2.11 bits per heavy atom. The van der Waals surface area contributed by atoms with Gasteiger partial charge in [-0.25, -0.2) is 0 Å². The van der Waals surface area contributed by atoms with E-state index < -0.39 is 0 Å². The summed E-state index contributed by atoms with van der Waals surface area (Å²) in [7, 11) is 0. The summed E-state index contributed by atoms with van der Waals surface area (Å²) in [5.41, 5.74) is 0. The van der Waals surface area contributed by atoms with E-state index >= 15 is 0 Å². The van der Waals surface area contributed by atoms with Gasteiger partial charge in [0.15, 0.2) is 0 Å². The van der Waals surface area contributed by atoms with Crippen LogP contribution in [-0.2, 0) is 45.7 Å². The van der Waals surface area contributed by atoms with Crippen molar-refractivity contribution in [2.24, 2.45) is 0 Å². The van der Waals surface area contributed by atoms with Crippen LogP contribution in [0.5, 0.6) is 0 Å². The van der Waals surface area contributed by atoms with Crippen molar-refractivity contribution < 1.29 is 66.0 Å². The molecule has 0 aliphatic rings. The summed E-state index contributed by atoms with van der Waals surface area (Å²) in [6.45, 7) is 2.07. The maximum atomic E-state index is 9.56. The van der Waals surface area contributed by atoms with Gasteiger partial charge in [0.2, 0.25) is 0 Å². The van der Waals surface area contributed by atoms with Crippen molar-refractivity contribution in [1.82, 2.24) is 0 Å². The van der Waals surface area contributed by atoms with Gasteiger partial charge in [0.1, 0.15) is 6.29 Å². The number of rotatable bonds is 3. The Labute approximate surface area is 97.8 Å². The maximum Gasteiger partial charge on any atom is 1.00 e. The van der Waals surface area contributed by atoms with Crippen molar-refractivity contribution in [3.05, 3.63) is 0 Å². The van der Waals surface area contributed by atoms with Crippen LogP contribution in [0, 0.1) is 0 Å². The Morgan fingerprint density at radius 1 is 1.56 bits per heavy atom. The fourth-order valence-electron chi connectivity index (χ4n) is 0.287. The van der Waals surface area contributed by atoms with Gasteiger partial charge in [-0.1, -0.05) is 13.3 Å². The topological polar surface area (TPSA) is 17.1 Å². The van der Waals surface area contributed by atoms with Gasteiger partial charge in [-0.3, -0.25) is 0 Å². The molecule has 0 N–H and O–H groups in total. The van der Waals surface area contributed by atoms with Crippen LogP contribution in [-0.4, -0.2) is 6.29 Å². The van der Waals surface area contributed by atoms with Crippen molar-refractivity contribution in [3.63, 3.8) is 0 Å². The first-order valence-corrected chi connectivity index (χ1v) is 2.35. The van der Waals surface area contributed by atoms with Crippen molar-refractivity contribution in [1.29, 1.82) is 0 Å². The third-order valence-electron chi connectivity index (χ3n) is 0.676. The van der Waals surface area contributed by atoms with Crippen LogP contribution in [0.3, 0.4) is 0 Å². The van der Waals surface area contributed by atoms with Gasteiger partial charge in [-0.2, -0.15) is 0 Å². The minimum absolute atomic E-state index is 0. The number of hydrogen-bond donors (Lipinski definition) is 0. The smallest absolute Gasteiger partial charge is 1.00 e. The van der Waals surface area contributed by atoms with Crippen LogP contribution in [0.4, 0.5) is 0 Å². The zero-order valence-electron chi connectivity index (χ0n) is 6.86. The molecule has 54 valence electrons. The van der Waals surface area contributed by atoms with E-state index in [2.05, 4.69) is 6.92 Å². The fourth-order valence-corrected chi connectivity index (χ4v) is 0.287. The molecule has 0 fully saturated rings. The molecule has 0 saturated heterocycles. The van der Waals surface area contributed by atoms with Gasteiger partial charge in [0.05, 0.1) is 0 Å². The van der Waals surface area contributed by atoms with Crippen LogP contribution < -0.4 is 18.9 Å². The summed E-state index contributed by atoms with van der Waals surface area (Å²) >= 11 is 0. The maximum absolute atomic E-state index is 9.56. The Balaban J connectivity index is -0.0000000208. The van der Waals surface area contributed by atoms with Crippen molar-refractivity contribution >= 4 is 6.29 Å². The summed E-state index contributed by atoms with van der Waals surface area (Å²) in [5, 5.41) is 0. The zero-order chi connectivity index (χ0) is 4.83. The molecule has 0 spiro atoms. The molecule has 0 aliphatic heterocycles. The second-order valence-electron chi connectivity index (χ2n) is 1.31. The second-order valence-corrected chi connectivity index (χ2v) is 1.31. The minimum atomic E-state index is 0. The third-order valence-corrected chi connectivity index (χ3v) is 0.676. The van der Waals surface area contributed by atoms with Gasteiger partial charge < -0.3 is 6.22 Å². The van der Waals surface area contributed by atoms with Crippen LogP contribution in [0.25, 0.3) is 0 Å². The average Bonchev–Trinajstić information content (AvgIpc) is 1.61. The molecular formula is C5H11AgLiOV. The van der Waals surface area contributed by atoms with Crippen LogP contribution in [0.2, 0.25) is 0 Å². The molecule has 0 unspecified atom stereocenters.